The molecule has 102 valence electrons. The van der Waals surface area contributed by atoms with Crippen molar-refractivity contribution in [3.8, 4) is 0 Å². The van der Waals surface area contributed by atoms with Crippen molar-refractivity contribution in [1.82, 2.24) is 0 Å². The van der Waals surface area contributed by atoms with Crippen molar-refractivity contribution in [3.63, 3.8) is 0 Å². The number of thiophene rings is 1. The van der Waals surface area contributed by atoms with Crippen LogP contribution in [0.5, 0.6) is 0 Å². The first kappa shape index (κ1) is 13.5. The van der Waals surface area contributed by atoms with E-state index >= 15 is 0 Å². The van der Waals surface area contributed by atoms with E-state index in [1.165, 1.54) is 30.4 Å². The van der Waals surface area contributed by atoms with Gasteiger partial charge < -0.3 is 0 Å². The summed E-state index contributed by atoms with van der Waals surface area (Å²) in [5.41, 5.74) is 0.466. The Hall–Kier alpha value is -1.45. The molecule has 0 aliphatic rings. The van der Waals surface area contributed by atoms with E-state index in [1.807, 2.05) is 30.3 Å². The molecule has 0 bridgehead atoms. The van der Waals surface area contributed by atoms with E-state index in [2.05, 4.69) is 0 Å². The number of rotatable bonds is 2. The predicted molar refractivity (Wildman–Crippen MR) is 80.6 cm³/mol. The molecule has 0 aliphatic carbocycles. The third kappa shape index (κ3) is 2.32. The van der Waals surface area contributed by atoms with Gasteiger partial charge in [-0.2, -0.15) is 0 Å². The average Bonchev–Trinajstić information content (AvgIpc) is 2.86. The highest BCUT2D eigenvalue weighted by molar-refractivity contribution is 7.19. The van der Waals surface area contributed by atoms with Crippen LogP contribution in [0.15, 0.2) is 42.5 Å². The summed E-state index contributed by atoms with van der Waals surface area (Å²) in [5, 5.41) is 0.383. The topological polar surface area (TPSA) is 0 Å². The van der Waals surface area contributed by atoms with Crippen LogP contribution in [0, 0.1) is 18.6 Å². The molecule has 2 aromatic carbocycles. The highest BCUT2D eigenvalue weighted by Gasteiger charge is 2.19. The lowest BCUT2D eigenvalue weighted by Gasteiger charge is -2.10. The van der Waals surface area contributed by atoms with E-state index in [9.17, 15) is 8.78 Å². The van der Waals surface area contributed by atoms with Crippen LogP contribution >= 0.6 is 22.9 Å². The fourth-order valence-corrected chi connectivity index (χ4v) is 3.56. The average molecular weight is 309 g/mol. The molecular formula is C16H11ClF2S. The Labute approximate surface area is 124 Å². The van der Waals surface area contributed by atoms with Crippen LogP contribution in [-0.2, 0) is 0 Å². The van der Waals surface area contributed by atoms with Gasteiger partial charge in [0.15, 0.2) is 0 Å². The second kappa shape index (κ2) is 5.15. The molecular weight excluding hydrogens is 298 g/mol. The van der Waals surface area contributed by atoms with Gasteiger partial charge in [0, 0.05) is 15.1 Å². The van der Waals surface area contributed by atoms with Crippen LogP contribution in [0.2, 0.25) is 0 Å². The zero-order valence-electron chi connectivity index (χ0n) is 10.7. The molecule has 0 saturated carbocycles. The minimum absolute atomic E-state index is 0.182. The van der Waals surface area contributed by atoms with Crippen molar-refractivity contribution in [2.75, 3.05) is 0 Å². The standard InChI is InChI=1S/C16H11ClF2S/c1-9-6-13(19)11(8-12(9)18)16(17)15-7-10-4-2-3-5-14(10)20-15/h2-8,16H,1H3. The van der Waals surface area contributed by atoms with Crippen LogP contribution in [0.1, 0.15) is 21.4 Å². The SMILES string of the molecule is Cc1cc(F)c(C(Cl)c2cc3ccccc3s2)cc1F. The lowest BCUT2D eigenvalue weighted by molar-refractivity contribution is 0.581. The summed E-state index contributed by atoms with van der Waals surface area (Å²) in [4.78, 5) is 0.815. The fourth-order valence-electron chi connectivity index (χ4n) is 2.14. The Morgan fingerprint density at radius 2 is 1.80 bits per heavy atom. The molecule has 0 amide bonds. The molecule has 0 aliphatic heterocycles. The van der Waals surface area contributed by atoms with Gasteiger partial charge in [0.25, 0.3) is 0 Å². The maximum absolute atomic E-state index is 14.0. The third-order valence-corrected chi connectivity index (χ3v) is 5.03. The Morgan fingerprint density at radius 3 is 2.55 bits per heavy atom. The number of alkyl halides is 1. The monoisotopic (exact) mass is 308 g/mol. The van der Waals surface area contributed by atoms with Gasteiger partial charge in [0.1, 0.15) is 11.6 Å². The molecule has 3 aromatic rings. The molecule has 1 aromatic heterocycles. The molecule has 0 nitrogen and oxygen atoms in total. The predicted octanol–water partition coefficient (Wildman–Crippen LogP) is 5.82. The van der Waals surface area contributed by atoms with Gasteiger partial charge in [-0.15, -0.1) is 22.9 Å². The van der Waals surface area contributed by atoms with Crippen molar-refractivity contribution in [2.45, 2.75) is 12.3 Å². The van der Waals surface area contributed by atoms with Gasteiger partial charge >= 0.3 is 0 Å². The van der Waals surface area contributed by atoms with E-state index in [0.717, 1.165) is 15.0 Å². The Morgan fingerprint density at radius 1 is 1.05 bits per heavy atom. The number of hydrogen-bond acceptors (Lipinski definition) is 1. The lowest BCUT2D eigenvalue weighted by Crippen LogP contribution is -1.98. The van der Waals surface area contributed by atoms with Crippen LogP contribution in [0.25, 0.3) is 10.1 Å². The lowest BCUT2D eigenvalue weighted by atomic mass is 10.1. The highest BCUT2D eigenvalue weighted by Crippen LogP contribution is 2.38. The second-order valence-electron chi connectivity index (χ2n) is 4.67. The molecule has 1 atom stereocenters. The Balaban J connectivity index is 2.07. The largest absolute Gasteiger partial charge is 0.207 e. The first-order chi connectivity index (χ1) is 9.56. The van der Waals surface area contributed by atoms with E-state index < -0.39 is 17.0 Å². The number of benzene rings is 2. The van der Waals surface area contributed by atoms with Gasteiger partial charge in [-0.05, 0) is 42.1 Å². The first-order valence-electron chi connectivity index (χ1n) is 6.14. The smallest absolute Gasteiger partial charge is 0.128 e. The number of aryl methyl sites for hydroxylation is 1. The normalized spacial score (nSPS) is 12.8. The molecule has 0 radical (unpaired) electrons. The molecule has 1 unspecified atom stereocenters. The van der Waals surface area contributed by atoms with Crippen LogP contribution < -0.4 is 0 Å². The van der Waals surface area contributed by atoms with E-state index in [-0.39, 0.29) is 11.1 Å². The van der Waals surface area contributed by atoms with Gasteiger partial charge in [0.2, 0.25) is 0 Å². The summed E-state index contributed by atoms with van der Waals surface area (Å²) in [5.74, 6) is -0.908. The van der Waals surface area contributed by atoms with Crippen molar-refractivity contribution in [3.05, 3.63) is 70.1 Å². The maximum Gasteiger partial charge on any atom is 0.128 e. The Bertz CT molecular complexity index is 746. The first-order valence-corrected chi connectivity index (χ1v) is 7.39. The van der Waals surface area contributed by atoms with Crippen molar-refractivity contribution in [2.24, 2.45) is 0 Å². The zero-order chi connectivity index (χ0) is 14.3. The minimum atomic E-state index is -0.678. The molecule has 20 heavy (non-hydrogen) atoms. The highest BCUT2D eigenvalue weighted by atomic mass is 35.5. The molecule has 0 spiro atoms. The van der Waals surface area contributed by atoms with Gasteiger partial charge in [-0.25, -0.2) is 8.78 Å². The van der Waals surface area contributed by atoms with Gasteiger partial charge in [-0.1, -0.05) is 18.2 Å². The molecule has 0 fully saturated rings. The molecule has 1 heterocycles. The number of halogens is 3. The summed E-state index contributed by atoms with van der Waals surface area (Å²) < 4.78 is 28.7. The van der Waals surface area contributed by atoms with Crippen LogP contribution in [0.4, 0.5) is 8.78 Å². The molecule has 0 N–H and O–H groups in total. The number of hydrogen-bond donors (Lipinski definition) is 0. The van der Waals surface area contributed by atoms with Crippen LogP contribution in [-0.4, -0.2) is 0 Å². The Kier molecular flexibility index (Phi) is 3.48. The minimum Gasteiger partial charge on any atom is -0.207 e. The van der Waals surface area contributed by atoms with Gasteiger partial charge in [0.05, 0.1) is 5.38 Å². The summed E-state index contributed by atoms with van der Waals surface area (Å²) >= 11 is 7.83. The van der Waals surface area contributed by atoms with E-state index in [1.54, 1.807) is 0 Å². The summed E-state index contributed by atoms with van der Waals surface area (Å²) in [7, 11) is 0. The molecule has 3 rings (SSSR count). The fraction of sp³-hybridized carbons (Fsp3) is 0.125. The van der Waals surface area contributed by atoms with Crippen molar-refractivity contribution >= 4 is 33.0 Å². The van der Waals surface area contributed by atoms with Crippen LogP contribution in [0.3, 0.4) is 0 Å². The summed E-state index contributed by atoms with van der Waals surface area (Å²) in [6.07, 6.45) is 0. The summed E-state index contributed by atoms with van der Waals surface area (Å²) in [6, 6.07) is 12.1. The molecule has 0 saturated heterocycles. The number of fused-ring (bicyclic) bond motifs is 1. The summed E-state index contributed by atoms with van der Waals surface area (Å²) in [6.45, 7) is 1.53. The quantitative estimate of drug-likeness (QED) is 0.524. The van der Waals surface area contributed by atoms with E-state index in [4.69, 9.17) is 11.6 Å². The van der Waals surface area contributed by atoms with Crippen molar-refractivity contribution < 1.29 is 8.78 Å². The third-order valence-electron chi connectivity index (χ3n) is 3.25. The second-order valence-corrected chi connectivity index (χ2v) is 6.22. The van der Waals surface area contributed by atoms with Gasteiger partial charge in [-0.3, -0.25) is 0 Å². The van der Waals surface area contributed by atoms with E-state index in [0.29, 0.717) is 0 Å². The zero-order valence-corrected chi connectivity index (χ0v) is 12.2. The maximum atomic E-state index is 14.0. The molecule has 4 heteroatoms. The van der Waals surface area contributed by atoms with Crippen molar-refractivity contribution in [1.29, 1.82) is 0 Å².